The molecule has 0 aromatic carbocycles. The number of hydrogen-bond acceptors (Lipinski definition) is 5. The van der Waals surface area contributed by atoms with Crippen LogP contribution in [0, 0.1) is 0 Å². The number of rotatable bonds is 4. The van der Waals surface area contributed by atoms with E-state index in [-0.39, 0.29) is 5.91 Å². The van der Waals surface area contributed by atoms with Gasteiger partial charge in [0.25, 0.3) is 5.91 Å². The zero-order valence-corrected chi connectivity index (χ0v) is 12.2. The molecule has 0 aliphatic carbocycles. The molecule has 19 heavy (non-hydrogen) atoms. The van der Waals surface area contributed by atoms with Gasteiger partial charge in [0.05, 0.1) is 12.4 Å². The molecule has 1 saturated heterocycles. The van der Waals surface area contributed by atoms with Crippen molar-refractivity contribution in [2.45, 2.75) is 25.5 Å². The highest BCUT2D eigenvalue weighted by atomic mass is 32.2. The Balaban J connectivity index is 2.08. The summed E-state index contributed by atoms with van der Waals surface area (Å²) in [5, 5.41) is 3.62. The van der Waals surface area contributed by atoms with Crippen LogP contribution in [0.15, 0.2) is 12.4 Å². The van der Waals surface area contributed by atoms with Gasteiger partial charge >= 0.3 is 0 Å². The van der Waals surface area contributed by atoms with Crippen LogP contribution in [-0.2, 0) is 0 Å². The zero-order chi connectivity index (χ0) is 13.7. The van der Waals surface area contributed by atoms with Gasteiger partial charge in [0.1, 0.15) is 11.5 Å². The van der Waals surface area contributed by atoms with Gasteiger partial charge in [-0.15, -0.1) is 0 Å². The normalized spacial score (nSPS) is 19.3. The van der Waals surface area contributed by atoms with Gasteiger partial charge in [0.15, 0.2) is 0 Å². The third-order valence-corrected chi connectivity index (χ3v) is 4.46. The molecule has 1 N–H and O–H groups in total. The van der Waals surface area contributed by atoms with E-state index in [1.54, 1.807) is 12.4 Å². The SMILES string of the molecule is CCNc1cncc(C(=O)N2CCSC(CC)C2)n1. The topological polar surface area (TPSA) is 58.1 Å². The molecule has 1 unspecified atom stereocenters. The molecular formula is C13H20N4OS. The van der Waals surface area contributed by atoms with E-state index in [4.69, 9.17) is 0 Å². The Hall–Kier alpha value is -1.30. The first-order valence-corrected chi connectivity index (χ1v) is 7.76. The highest BCUT2D eigenvalue weighted by Gasteiger charge is 2.24. The van der Waals surface area contributed by atoms with E-state index in [1.165, 1.54) is 0 Å². The summed E-state index contributed by atoms with van der Waals surface area (Å²) >= 11 is 1.95. The third-order valence-electron chi connectivity index (χ3n) is 3.09. The highest BCUT2D eigenvalue weighted by Crippen LogP contribution is 2.22. The second kappa shape index (κ2) is 6.75. The highest BCUT2D eigenvalue weighted by molar-refractivity contribution is 8.00. The Kier molecular flexibility index (Phi) is 5.01. The van der Waals surface area contributed by atoms with Gasteiger partial charge in [0, 0.05) is 30.6 Å². The first kappa shape index (κ1) is 14.1. The largest absolute Gasteiger partial charge is 0.369 e. The van der Waals surface area contributed by atoms with E-state index < -0.39 is 0 Å². The summed E-state index contributed by atoms with van der Waals surface area (Å²) in [5.74, 6) is 1.66. The van der Waals surface area contributed by atoms with E-state index in [0.29, 0.717) is 16.8 Å². The summed E-state index contributed by atoms with van der Waals surface area (Å²) in [4.78, 5) is 22.7. The number of nitrogens with zero attached hydrogens (tertiary/aromatic N) is 3. The van der Waals surface area contributed by atoms with Crippen molar-refractivity contribution in [2.75, 3.05) is 30.7 Å². The number of thioether (sulfide) groups is 1. The van der Waals surface area contributed by atoms with Crippen LogP contribution in [0.25, 0.3) is 0 Å². The van der Waals surface area contributed by atoms with Gasteiger partial charge < -0.3 is 10.2 Å². The lowest BCUT2D eigenvalue weighted by Gasteiger charge is -2.31. The molecule has 0 radical (unpaired) electrons. The van der Waals surface area contributed by atoms with Gasteiger partial charge in [-0.1, -0.05) is 6.92 Å². The Bertz CT molecular complexity index is 440. The smallest absolute Gasteiger partial charge is 0.274 e. The van der Waals surface area contributed by atoms with E-state index in [9.17, 15) is 4.79 Å². The Labute approximate surface area is 118 Å². The fourth-order valence-electron chi connectivity index (χ4n) is 2.05. The lowest BCUT2D eigenvalue weighted by atomic mass is 10.2. The van der Waals surface area contributed by atoms with Crippen molar-refractivity contribution < 1.29 is 4.79 Å². The summed E-state index contributed by atoms with van der Waals surface area (Å²) in [5.41, 5.74) is 0.431. The number of aromatic nitrogens is 2. The molecule has 104 valence electrons. The maximum absolute atomic E-state index is 12.4. The van der Waals surface area contributed by atoms with Crippen LogP contribution in [0.2, 0.25) is 0 Å². The minimum Gasteiger partial charge on any atom is -0.369 e. The summed E-state index contributed by atoms with van der Waals surface area (Å²) < 4.78 is 0. The summed E-state index contributed by atoms with van der Waals surface area (Å²) in [7, 11) is 0. The van der Waals surface area contributed by atoms with Crippen molar-refractivity contribution in [1.29, 1.82) is 0 Å². The Morgan fingerprint density at radius 1 is 1.53 bits per heavy atom. The molecule has 2 heterocycles. The maximum Gasteiger partial charge on any atom is 0.274 e. The molecule has 1 aliphatic rings. The van der Waals surface area contributed by atoms with Crippen molar-refractivity contribution in [2.24, 2.45) is 0 Å². The van der Waals surface area contributed by atoms with Crippen molar-refractivity contribution in [1.82, 2.24) is 14.9 Å². The van der Waals surface area contributed by atoms with Gasteiger partial charge in [-0.25, -0.2) is 4.98 Å². The van der Waals surface area contributed by atoms with Gasteiger partial charge in [-0.2, -0.15) is 11.8 Å². The van der Waals surface area contributed by atoms with Crippen LogP contribution in [0.3, 0.4) is 0 Å². The van der Waals surface area contributed by atoms with Gasteiger partial charge in [-0.05, 0) is 13.3 Å². The van der Waals surface area contributed by atoms with E-state index in [1.807, 2.05) is 23.6 Å². The minimum absolute atomic E-state index is 0.00833. The average Bonchev–Trinajstić information content (AvgIpc) is 2.47. The predicted molar refractivity (Wildman–Crippen MR) is 78.6 cm³/mol. The molecule has 1 amide bonds. The first-order chi connectivity index (χ1) is 9.24. The molecule has 1 aromatic heterocycles. The van der Waals surface area contributed by atoms with E-state index in [2.05, 4.69) is 22.2 Å². The molecule has 0 saturated carbocycles. The molecule has 0 bridgehead atoms. The van der Waals surface area contributed by atoms with Crippen LogP contribution in [0.1, 0.15) is 30.8 Å². The molecule has 0 spiro atoms. The molecular weight excluding hydrogens is 260 g/mol. The molecule has 1 atom stereocenters. The lowest BCUT2D eigenvalue weighted by Crippen LogP contribution is -2.42. The number of anilines is 1. The number of amides is 1. The van der Waals surface area contributed by atoms with Crippen LogP contribution < -0.4 is 5.32 Å². The summed E-state index contributed by atoms with van der Waals surface area (Å²) in [6, 6.07) is 0. The standard InChI is InChI=1S/C13H20N4OS/c1-3-10-9-17(5-6-19-10)13(18)11-7-14-8-12(16-11)15-4-2/h7-8,10H,3-6,9H2,1-2H3,(H,15,16). The molecule has 1 fully saturated rings. The number of hydrogen-bond donors (Lipinski definition) is 1. The monoisotopic (exact) mass is 280 g/mol. The van der Waals surface area contributed by atoms with Crippen LogP contribution in [-0.4, -0.2) is 51.4 Å². The van der Waals surface area contributed by atoms with Crippen molar-refractivity contribution in [3.05, 3.63) is 18.1 Å². The molecule has 5 nitrogen and oxygen atoms in total. The predicted octanol–water partition coefficient (Wildman–Crippen LogP) is 1.88. The van der Waals surface area contributed by atoms with Gasteiger partial charge in [0.2, 0.25) is 0 Å². The van der Waals surface area contributed by atoms with Crippen LogP contribution in [0.4, 0.5) is 5.82 Å². The quantitative estimate of drug-likeness (QED) is 0.912. The second-order valence-corrected chi connectivity index (χ2v) is 5.88. The second-order valence-electron chi connectivity index (χ2n) is 4.47. The van der Waals surface area contributed by atoms with Crippen molar-refractivity contribution in [3.63, 3.8) is 0 Å². The third kappa shape index (κ3) is 3.59. The Morgan fingerprint density at radius 3 is 3.11 bits per heavy atom. The molecule has 6 heteroatoms. The van der Waals surface area contributed by atoms with E-state index >= 15 is 0 Å². The fraction of sp³-hybridized carbons (Fsp3) is 0.615. The summed E-state index contributed by atoms with van der Waals surface area (Å²) in [6.45, 7) is 6.53. The number of carbonyl (C=O) groups is 1. The maximum atomic E-state index is 12.4. The van der Waals surface area contributed by atoms with Crippen LogP contribution >= 0.6 is 11.8 Å². The molecule has 1 aromatic rings. The zero-order valence-electron chi connectivity index (χ0n) is 11.4. The number of carbonyl (C=O) groups excluding carboxylic acids is 1. The average molecular weight is 280 g/mol. The fourth-order valence-corrected chi connectivity index (χ4v) is 3.23. The Morgan fingerprint density at radius 2 is 2.37 bits per heavy atom. The summed E-state index contributed by atoms with van der Waals surface area (Å²) in [6.07, 6.45) is 4.28. The van der Waals surface area contributed by atoms with Gasteiger partial charge in [-0.3, -0.25) is 9.78 Å². The van der Waals surface area contributed by atoms with E-state index in [0.717, 1.165) is 31.8 Å². The van der Waals surface area contributed by atoms with Crippen molar-refractivity contribution in [3.8, 4) is 0 Å². The first-order valence-electron chi connectivity index (χ1n) is 6.71. The minimum atomic E-state index is -0.00833. The van der Waals surface area contributed by atoms with Crippen LogP contribution in [0.5, 0.6) is 0 Å². The number of nitrogens with one attached hydrogen (secondary N) is 1. The lowest BCUT2D eigenvalue weighted by molar-refractivity contribution is 0.0754. The van der Waals surface area contributed by atoms with Crippen molar-refractivity contribution >= 4 is 23.5 Å². The molecule has 1 aliphatic heterocycles. The molecule has 2 rings (SSSR count).